The lowest BCUT2D eigenvalue weighted by Crippen LogP contribution is -2.05. The van der Waals surface area contributed by atoms with Gasteiger partial charge >= 0.3 is 11.7 Å². The van der Waals surface area contributed by atoms with Gasteiger partial charge in [0.2, 0.25) is 0 Å². The van der Waals surface area contributed by atoms with Crippen molar-refractivity contribution in [1.82, 2.24) is 4.98 Å². The molecular formula is C13H10FN3O4. The van der Waals surface area contributed by atoms with E-state index in [1.807, 2.05) is 0 Å². The number of hydrogen-bond acceptors (Lipinski definition) is 5. The Labute approximate surface area is 118 Å². The summed E-state index contributed by atoms with van der Waals surface area (Å²) in [4.78, 5) is 24.7. The molecule has 2 aromatic rings. The molecule has 1 aromatic carbocycles. The maximum absolute atomic E-state index is 13.2. The molecule has 21 heavy (non-hydrogen) atoms. The molecule has 0 saturated carbocycles. The normalized spacial score (nSPS) is 10.2. The molecule has 0 amide bonds. The fourth-order valence-electron chi connectivity index (χ4n) is 1.70. The van der Waals surface area contributed by atoms with Crippen LogP contribution in [0.15, 0.2) is 30.5 Å². The lowest BCUT2D eigenvalue weighted by Gasteiger charge is -2.07. The number of pyridine rings is 1. The van der Waals surface area contributed by atoms with Gasteiger partial charge in [-0.05, 0) is 30.7 Å². The number of nitro groups is 1. The molecule has 0 unspecified atom stereocenters. The van der Waals surface area contributed by atoms with Crippen LogP contribution in [-0.2, 0) is 0 Å². The maximum Gasteiger partial charge on any atom is 0.342 e. The van der Waals surface area contributed by atoms with Crippen molar-refractivity contribution in [1.29, 1.82) is 0 Å². The zero-order valence-electron chi connectivity index (χ0n) is 10.8. The Hall–Kier alpha value is -3.03. The van der Waals surface area contributed by atoms with Gasteiger partial charge in [0, 0.05) is 11.8 Å². The zero-order valence-corrected chi connectivity index (χ0v) is 10.8. The molecule has 0 aliphatic carbocycles. The predicted molar refractivity (Wildman–Crippen MR) is 72.3 cm³/mol. The summed E-state index contributed by atoms with van der Waals surface area (Å²) >= 11 is 0. The Morgan fingerprint density at radius 3 is 2.71 bits per heavy atom. The van der Waals surface area contributed by atoms with E-state index in [1.54, 1.807) is 6.92 Å². The van der Waals surface area contributed by atoms with Crippen molar-refractivity contribution in [2.24, 2.45) is 0 Å². The fourth-order valence-corrected chi connectivity index (χ4v) is 1.70. The molecule has 0 spiro atoms. The minimum atomic E-state index is -1.43. The standard InChI is InChI=1S/C13H10FN3O4/c1-7-4-8(2-3-10(7)14)16-12-5-9(13(18)19)11(6-15-12)17(20)21/h2-6H,1H3,(H,15,16)(H,18,19). The van der Waals surface area contributed by atoms with Crippen LogP contribution in [0.25, 0.3) is 0 Å². The molecule has 0 fully saturated rings. The molecule has 108 valence electrons. The summed E-state index contributed by atoms with van der Waals surface area (Å²) in [6.07, 6.45) is 0.863. The highest BCUT2D eigenvalue weighted by Gasteiger charge is 2.21. The first-order valence-electron chi connectivity index (χ1n) is 5.79. The largest absolute Gasteiger partial charge is 0.477 e. The lowest BCUT2D eigenvalue weighted by atomic mass is 10.2. The van der Waals surface area contributed by atoms with E-state index in [9.17, 15) is 19.3 Å². The van der Waals surface area contributed by atoms with Crippen molar-refractivity contribution in [3.8, 4) is 0 Å². The third kappa shape index (κ3) is 3.11. The van der Waals surface area contributed by atoms with E-state index in [0.29, 0.717) is 11.3 Å². The molecule has 0 aliphatic heterocycles. The van der Waals surface area contributed by atoms with Crippen molar-refractivity contribution in [2.75, 3.05) is 5.32 Å². The number of hydrogen-bond donors (Lipinski definition) is 2. The van der Waals surface area contributed by atoms with Gasteiger partial charge in [0.25, 0.3) is 0 Å². The SMILES string of the molecule is Cc1cc(Nc2cc(C(=O)O)c([N+](=O)[O-])cn2)ccc1F. The highest BCUT2D eigenvalue weighted by atomic mass is 19.1. The first kappa shape index (κ1) is 14.4. The summed E-state index contributed by atoms with van der Waals surface area (Å²) in [6, 6.07) is 5.27. The summed E-state index contributed by atoms with van der Waals surface area (Å²) in [6.45, 7) is 1.58. The average Bonchev–Trinajstić information content (AvgIpc) is 2.42. The molecule has 1 heterocycles. The second-order valence-electron chi connectivity index (χ2n) is 4.24. The first-order valence-corrected chi connectivity index (χ1v) is 5.79. The number of rotatable bonds is 4. The minimum Gasteiger partial charge on any atom is -0.477 e. The summed E-state index contributed by atoms with van der Waals surface area (Å²) in [7, 11) is 0. The van der Waals surface area contributed by atoms with Crippen LogP contribution in [0.4, 0.5) is 21.6 Å². The van der Waals surface area contributed by atoms with Crippen LogP contribution < -0.4 is 5.32 Å². The number of carboxylic acids is 1. The van der Waals surface area contributed by atoms with Gasteiger partial charge in [-0.2, -0.15) is 0 Å². The van der Waals surface area contributed by atoms with Gasteiger partial charge in [-0.1, -0.05) is 0 Å². The Kier molecular flexibility index (Phi) is 3.79. The van der Waals surface area contributed by atoms with Crippen LogP contribution in [0.2, 0.25) is 0 Å². The van der Waals surface area contributed by atoms with Gasteiger partial charge in [-0.25, -0.2) is 14.2 Å². The Balaban J connectivity index is 2.36. The average molecular weight is 291 g/mol. The Bertz CT molecular complexity index is 733. The third-order valence-corrected chi connectivity index (χ3v) is 2.74. The van der Waals surface area contributed by atoms with E-state index in [-0.39, 0.29) is 11.6 Å². The number of aromatic nitrogens is 1. The number of carboxylic acid groups (broad SMARTS) is 1. The number of nitrogens with zero attached hydrogens (tertiary/aromatic N) is 2. The highest BCUT2D eigenvalue weighted by molar-refractivity contribution is 5.93. The molecule has 8 heteroatoms. The number of halogens is 1. The summed E-state index contributed by atoms with van der Waals surface area (Å²) < 4.78 is 13.2. The van der Waals surface area contributed by atoms with E-state index in [4.69, 9.17) is 5.11 Å². The van der Waals surface area contributed by atoms with Crippen molar-refractivity contribution in [2.45, 2.75) is 6.92 Å². The molecule has 0 bridgehead atoms. The molecule has 7 nitrogen and oxygen atoms in total. The maximum atomic E-state index is 13.2. The summed E-state index contributed by atoms with van der Waals surface area (Å²) in [5.41, 5.74) is -0.174. The van der Waals surface area contributed by atoms with Crippen molar-refractivity contribution in [3.05, 3.63) is 57.5 Å². The zero-order chi connectivity index (χ0) is 15.6. The number of carbonyl (C=O) groups is 1. The molecule has 2 N–H and O–H groups in total. The number of nitrogens with one attached hydrogen (secondary N) is 1. The van der Waals surface area contributed by atoms with Crippen molar-refractivity contribution >= 4 is 23.2 Å². The number of aryl methyl sites for hydroxylation is 1. The highest BCUT2D eigenvalue weighted by Crippen LogP contribution is 2.23. The minimum absolute atomic E-state index is 0.115. The Morgan fingerprint density at radius 2 is 2.14 bits per heavy atom. The van der Waals surface area contributed by atoms with Crippen molar-refractivity contribution in [3.63, 3.8) is 0 Å². The lowest BCUT2D eigenvalue weighted by molar-refractivity contribution is -0.385. The number of benzene rings is 1. The molecule has 0 atom stereocenters. The van der Waals surface area contributed by atoms with E-state index in [2.05, 4.69) is 10.3 Å². The van der Waals surface area contributed by atoms with Gasteiger partial charge < -0.3 is 10.4 Å². The van der Waals surface area contributed by atoms with E-state index in [1.165, 1.54) is 18.2 Å². The van der Waals surface area contributed by atoms with Crippen LogP contribution in [0.1, 0.15) is 15.9 Å². The van der Waals surface area contributed by atoms with E-state index >= 15 is 0 Å². The summed E-state index contributed by atoms with van der Waals surface area (Å²) in [5.74, 6) is -1.69. The molecule has 0 saturated heterocycles. The third-order valence-electron chi connectivity index (χ3n) is 2.74. The molecular weight excluding hydrogens is 281 g/mol. The van der Waals surface area contributed by atoms with E-state index < -0.39 is 22.1 Å². The van der Waals surface area contributed by atoms with Gasteiger partial charge in [-0.15, -0.1) is 0 Å². The quantitative estimate of drug-likeness (QED) is 0.662. The van der Waals surface area contributed by atoms with Gasteiger partial charge in [-0.3, -0.25) is 10.1 Å². The van der Waals surface area contributed by atoms with Crippen molar-refractivity contribution < 1.29 is 19.2 Å². The van der Waals surface area contributed by atoms with E-state index in [0.717, 1.165) is 12.3 Å². The van der Waals surface area contributed by atoms with Crippen LogP contribution in [-0.4, -0.2) is 21.0 Å². The Morgan fingerprint density at radius 1 is 1.43 bits per heavy atom. The fraction of sp³-hybridized carbons (Fsp3) is 0.0769. The second kappa shape index (κ2) is 5.53. The number of anilines is 2. The van der Waals surface area contributed by atoms with Gasteiger partial charge in [0.1, 0.15) is 23.4 Å². The van der Waals surface area contributed by atoms with Gasteiger partial charge in [0.15, 0.2) is 0 Å². The van der Waals surface area contributed by atoms with Crippen LogP contribution in [0.3, 0.4) is 0 Å². The first-order chi connectivity index (χ1) is 9.88. The smallest absolute Gasteiger partial charge is 0.342 e. The second-order valence-corrected chi connectivity index (χ2v) is 4.24. The summed E-state index contributed by atoms with van der Waals surface area (Å²) in [5, 5.41) is 22.5. The topological polar surface area (TPSA) is 105 Å². The van der Waals surface area contributed by atoms with Gasteiger partial charge in [0.05, 0.1) is 4.92 Å². The predicted octanol–water partition coefficient (Wildman–Crippen LogP) is 2.88. The number of aromatic carboxylic acids is 1. The van der Waals surface area contributed by atoms with Crippen LogP contribution >= 0.6 is 0 Å². The monoisotopic (exact) mass is 291 g/mol. The molecule has 0 aliphatic rings. The molecule has 2 rings (SSSR count). The molecule has 0 radical (unpaired) electrons. The molecule has 1 aromatic heterocycles. The van der Waals surface area contributed by atoms with Crippen LogP contribution in [0, 0.1) is 22.9 Å². The van der Waals surface area contributed by atoms with Crippen LogP contribution in [0.5, 0.6) is 0 Å².